The number of nitrogens with zero attached hydrogens (tertiary/aromatic N) is 2. The molecule has 5 rings (SSSR count). The highest BCUT2D eigenvalue weighted by Crippen LogP contribution is 2.56. The molecule has 150 valence electrons. The largest absolute Gasteiger partial charge is 0.300 e. The molecule has 3 fully saturated rings. The van der Waals surface area contributed by atoms with Crippen molar-refractivity contribution < 1.29 is 14.4 Å². The van der Waals surface area contributed by atoms with E-state index in [0.29, 0.717) is 17.0 Å². The van der Waals surface area contributed by atoms with Crippen molar-refractivity contribution in [2.75, 3.05) is 5.32 Å². The van der Waals surface area contributed by atoms with E-state index in [1.54, 1.807) is 13.1 Å². The van der Waals surface area contributed by atoms with Crippen molar-refractivity contribution in [3.8, 4) is 0 Å². The average Bonchev–Trinajstić information content (AvgIpc) is 3.48. The van der Waals surface area contributed by atoms with Crippen LogP contribution in [0.5, 0.6) is 0 Å². The molecule has 0 spiro atoms. The Labute approximate surface area is 173 Å². The summed E-state index contributed by atoms with van der Waals surface area (Å²) in [5.74, 6) is -0.428. The number of hydrogen-bond acceptors (Lipinski definition) is 5. The van der Waals surface area contributed by atoms with E-state index in [4.69, 9.17) is 0 Å². The Morgan fingerprint density at radius 2 is 1.83 bits per heavy atom. The van der Waals surface area contributed by atoms with Crippen molar-refractivity contribution >= 4 is 34.2 Å². The van der Waals surface area contributed by atoms with Crippen LogP contribution in [-0.2, 0) is 20.8 Å². The number of benzene rings is 1. The third-order valence-corrected chi connectivity index (χ3v) is 7.65. The van der Waals surface area contributed by atoms with E-state index in [9.17, 15) is 14.4 Å². The SMILES string of the molecule is CC(C(=O)Nc1ncc(Cc2ccccc2)s1)N1C(=O)C2C3CCC(C3)C2C1=O. The molecule has 2 heterocycles. The molecule has 1 saturated heterocycles. The highest BCUT2D eigenvalue weighted by Gasteiger charge is 2.62. The third kappa shape index (κ3) is 3.08. The van der Waals surface area contributed by atoms with Crippen LogP contribution in [-0.4, -0.2) is 33.6 Å². The van der Waals surface area contributed by atoms with E-state index in [1.165, 1.54) is 21.8 Å². The molecule has 2 aromatic rings. The van der Waals surface area contributed by atoms with Crippen molar-refractivity contribution in [3.05, 3.63) is 47.0 Å². The van der Waals surface area contributed by atoms with Gasteiger partial charge in [-0.3, -0.25) is 19.3 Å². The molecule has 5 atom stereocenters. The molecule has 1 aromatic carbocycles. The molecule has 6 nitrogen and oxygen atoms in total. The van der Waals surface area contributed by atoms with Crippen LogP contribution in [0.1, 0.15) is 36.6 Å². The molecule has 2 saturated carbocycles. The van der Waals surface area contributed by atoms with Crippen LogP contribution in [0, 0.1) is 23.7 Å². The summed E-state index contributed by atoms with van der Waals surface area (Å²) in [6.45, 7) is 1.63. The number of amides is 3. The number of aromatic nitrogens is 1. The fraction of sp³-hybridized carbons (Fsp3) is 0.455. The highest BCUT2D eigenvalue weighted by atomic mass is 32.1. The van der Waals surface area contributed by atoms with Crippen molar-refractivity contribution in [2.45, 2.75) is 38.6 Å². The van der Waals surface area contributed by atoms with E-state index in [2.05, 4.69) is 22.4 Å². The van der Waals surface area contributed by atoms with Crippen LogP contribution in [0.15, 0.2) is 36.5 Å². The minimum Gasteiger partial charge on any atom is -0.300 e. The van der Waals surface area contributed by atoms with Crippen LogP contribution < -0.4 is 5.32 Å². The summed E-state index contributed by atoms with van der Waals surface area (Å²) < 4.78 is 0. The summed E-state index contributed by atoms with van der Waals surface area (Å²) in [7, 11) is 0. The predicted molar refractivity (Wildman–Crippen MR) is 109 cm³/mol. The monoisotopic (exact) mass is 409 g/mol. The number of thiazole rings is 1. The molecule has 3 amide bonds. The van der Waals surface area contributed by atoms with E-state index in [0.717, 1.165) is 30.6 Å². The number of hydrogen-bond donors (Lipinski definition) is 1. The summed E-state index contributed by atoms with van der Waals surface area (Å²) in [4.78, 5) is 45.1. The molecular formula is C22H23N3O3S. The molecule has 2 bridgehead atoms. The van der Waals surface area contributed by atoms with E-state index >= 15 is 0 Å². The quantitative estimate of drug-likeness (QED) is 0.770. The van der Waals surface area contributed by atoms with Gasteiger partial charge in [-0.15, -0.1) is 11.3 Å². The summed E-state index contributed by atoms with van der Waals surface area (Å²) in [6, 6.07) is 9.24. The number of carbonyl (C=O) groups is 3. The van der Waals surface area contributed by atoms with Gasteiger partial charge in [-0.25, -0.2) is 4.98 Å². The summed E-state index contributed by atoms with van der Waals surface area (Å²) in [5.41, 5.74) is 1.18. The Balaban J connectivity index is 1.26. The molecule has 1 aromatic heterocycles. The maximum Gasteiger partial charge on any atom is 0.249 e. The second-order valence-electron chi connectivity index (χ2n) is 8.39. The topological polar surface area (TPSA) is 79.4 Å². The molecule has 1 N–H and O–H groups in total. The predicted octanol–water partition coefficient (Wildman–Crippen LogP) is 3.09. The van der Waals surface area contributed by atoms with Crippen LogP contribution in [0.25, 0.3) is 0 Å². The Bertz CT molecular complexity index is 945. The second kappa shape index (κ2) is 7.06. The second-order valence-corrected chi connectivity index (χ2v) is 9.51. The molecule has 1 aliphatic heterocycles. The Hall–Kier alpha value is -2.54. The number of anilines is 1. The van der Waals surface area contributed by atoms with Gasteiger partial charge in [-0.2, -0.15) is 0 Å². The highest BCUT2D eigenvalue weighted by molar-refractivity contribution is 7.15. The van der Waals surface area contributed by atoms with E-state index in [1.807, 2.05) is 18.2 Å². The van der Waals surface area contributed by atoms with Crippen LogP contribution in [0.2, 0.25) is 0 Å². The molecule has 0 radical (unpaired) electrons. The Morgan fingerprint density at radius 3 is 2.48 bits per heavy atom. The smallest absolute Gasteiger partial charge is 0.249 e. The summed E-state index contributed by atoms with van der Waals surface area (Å²) in [5, 5.41) is 3.28. The lowest BCUT2D eigenvalue weighted by atomic mass is 9.81. The lowest BCUT2D eigenvalue weighted by Gasteiger charge is -2.23. The Kier molecular flexibility index (Phi) is 4.50. The number of nitrogens with one attached hydrogen (secondary N) is 1. The zero-order valence-corrected chi connectivity index (χ0v) is 17.0. The normalized spacial score (nSPS) is 28.7. The summed E-state index contributed by atoms with van der Waals surface area (Å²) >= 11 is 1.41. The first-order valence-electron chi connectivity index (χ1n) is 10.2. The molecular weight excluding hydrogens is 386 g/mol. The van der Waals surface area contributed by atoms with Gasteiger partial charge in [0.15, 0.2) is 5.13 Å². The first kappa shape index (κ1) is 18.5. The van der Waals surface area contributed by atoms with Gasteiger partial charge in [0.1, 0.15) is 6.04 Å². The Morgan fingerprint density at radius 1 is 1.17 bits per heavy atom. The van der Waals surface area contributed by atoms with Gasteiger partial charge in [-0.1, -0.05) is 30.3 Å². The van der Waals surface area contributed by atoms with E-state index in [-0.39, 0.29) is 29.6 Å². The maximum absolute atomic E-state index is 12.9. The van der Waals surface area contributed by atoms with Gasteiger partial charge in [0.25, 0.3) is 0 Å². The van der Waals surface area contributed by atoms with Crippen molar-refractivity contribution in [2.24, 2.45) is 23.7 Å². The number of likely N-dealkylation sites (tertiary alicyclic amines) is 1. The fourth-order valence-corrected chi connectivity index (χ4v) is 6.23. The van der Waals surface area contributed by atoms with E-state index < -0.39 is 6.04 Å². The van der Waals surface area contributed by atoms with Gasteiger partial charge >= 0.3 is 0 Å². The fourth-order valence-electron chi connectivity index (χ4n) is 5.38. The maximum atomic E-state index is 12.9. The van der Waals surface area contributed by atoms with Crippen molar-refractivity contribution in [1.29, 1.82) is 0 Å². The molecule has 3 aliphatic rings. The zero-order chi connectivity index (χ0) is 20.1. The lowest BCUT2D eigenvalue weighted by Crippen LogP contribution is -2.46. The summed E-state index contributed by atoms with van der Waals surface area (Å²) in [6.07, 6.45) is 5.56. The lowest BCUT2D eigenvalue weighted by molar-refractivity contribution is -0.146. The van der Waals surface area contributed by atoms with Gasteiger partial charge in [-0.05, 0) is 43.6 Å². The first-order valence-corrected chi connectivity index (χ1v) is 11.0. The van der Waals surface area contributed by atoms with Crippen LogP contribution in [0.3, 0.4) is 0 Å². The van der Waals surface area contributed by atoms with Crippen molar-refractivity contribution in [1.82, 2.24) is 9.88 Å². The number of rotatable bonds is 5. The van der Waals surface area contributed by atoms with Gasteiger partial charge in [0.2, 0.25) is 17.7 Å². The molecule has 2 aliphatic carbocycles. The number of carbonyl (C=O) groups excluding carboxylic acids is 3. The van der Waals surface area contributed by atoms with Crippen LogP contribution in [0.4, 0.5) is 5.13 Å². The first-order chi connectivity index (χ1) is 14.0. The molecule has 7 heteroatoms. The minimum atomic E-state index is -0.818. The number of fused-ring (bicyclic) bond motifs is 5. The molecule has 29 heavy (non-hydrogen) atoms. The van der Waals surface area contributed by atoms with Gasteiger partial charge in [0.05, 0.1) is 11.8 Å². The van der Waals surface area contributed by atoms with Crippen molar-refractivity contribution in [3.63, 3.8) is 0 Å². The standard InChI is InChI=1S/C22H23N3O3S/c1-12(25-20(27)17-14-7-8-15(10-14)18(17)21(25)28)19(26)24-22-23-11-16(29-22)9-13-5-3-2-4-6-13/h2-6,11-12,14-15,17-18H,7-10H2,1H3,(H,23,24,26). The molecule has 5 unspecified atom stereocenters. The third-order valence-electron chi connectivity index (χ3n) is 6.73. The average molecular weight is 410 g/mol. The minimum absolute atomic E-state index is 0.154. The van der Waals surface area contributed by atoms with Gasteiger partial charge in [0, 0.05) is 17.5 Å². The zero-order valence-electron chi connectivity index (χ0n) is 16.2. The van der Waals surface area contributed by atoms with Gasteiger partial charge < -0.3 is 5.32 Å². The van der Waals surface area contributed by atoms with Crippen LogP contribution >= 0.6 is 11.3 Å². The number of imide groups is 1.